The van der Waals surface area contributed by atoms with E-state index in [9.17, 15) is 4.79 Å². The maximum Gasteiger partial charge on any atom is 0.245 e. The van der Waals surface area contributed by atoms with E-state index in [2.05, 4.69) is 28.6 Å². The van der Waals surface area contributed by atoms with Gasteiger partial charge in [0, 0.05) is 31.8 Å². The molecule has 0 saturated heterocycles. The monoisotopic (exact) mass is 467 g/mol. The number of amides is 1. The number of hydrogen-bond acceptors (Lipinski definition) is 5. The number of para-hydroxylation sites is 1. The van der Waals surface area contributed by atoms with Crippen LogP contribution >= 0.6 is 0 Å². The zero-order valence-electron chi connectivity index (χ0n) is 21.2. The number of carbonyl (C=O) groups is 1. The van der Waals surface area contributed by atoms with Gasteiger partial charge in [-0.25, -0.2) is 15.0 Å². The minimum atomic E-state index is 0.0576. The van der Waals surface area contributed by atoms with Crippen LogP contribution in [0.2, 0.25) is 0 Å². The van der Waals surface area contributed by atoms with Crippen molar-refractivity contribution in [2.45, 2.75) is 90.5 Å². The molecule has 2 N–H and O–H groups in total. The lowest BCUT2D eigenvalue weighted by atomic mass is 10.1. The summed E-state index contributed by atoms with van der Waals surface area (Å²) >= 11 is 0. The number of benzene rings is 1. The fourth-order valence-electron chi connectivity index (χ4n) is 4.60. The first-order chi connectivity index (χ1) is 16.6. The molecule has 0 aliphatic carbocycles. The van der Waals surface area contributed by atoms with E-state index < -0.39 is 0 Å². The van der Waals surface area contributed by atoms with Gasteiger partial charge < -0.3 is 10.3 Å². The van der Waals surface area contributed by atoms with E-state index >= 15 is 0 Å². The number of fused-ring (bicyclic) bond motifs is 3. The van der Waals surface area contributed by atoms with E-state index in [1.54, 1.807) is 7.05 Å². The highest BCUT2D eigenvalue weighted by Crippen LogP contribution is 2.29. The first kappa shape index (κ1) is 25.9. The Hall–Kier alpha value is -2.67. The van der Waals surface area contributed by atoms with Gasteiger partial charge in [0.05, 0.1) is 18.1 Å². The summed E-state index contributed by atoms with van der Waals surface area (Å²) in [7, 11) is 3.19. The number of rotatable bonds is 15. The Bertz CT molecular complexity index is 1060. The molecule has 0 fully saturated rings. The van der Waals surface area contributed by atoms with Crippen LogP contribution in [0.3, 0.4) is 0 Å². The lowest BCUT2D eigenvalue weighted by Crippen LogP contribution is -2.24. The van der Waals surface area contributed by atoms with Crippen molar-refractivity contribution in [1.82, 2.24) is 19.6 Å². The molecule has 0 unspecified atom stereocenters. The summed E-state index contributed by atoms with van der Waals surface area (Å²) in [6, 6.07) is 8.22. The van der Waals surface area contributed by atoms with E-state index in [0.29, 0.717) is 12.2 Å². The van der Waals surface area contributed by atoms with Gasteiger partial charge in [0.15, 0.2) is 5.82 Å². The van der Waals surface area contributed by atoms with Crippen LogP contribution < -0.4 is 5.73 Å². The third-order valence-corrected chi connectivity index (χ3v) is 6.56. The highest BCUT2D eigenvalue weighted by molar-refractivity contribution is 6.06. The van der Waals surface area contributed by atoms with Crippen LogP contribution in [0, 0.1) is 0 Å². The number of aromatic nitrogens is 3. The summed E-state index contributed by atoms with van der Waals surface area (Å²) in [5.74, 6) is 1.71. The van der Waals surface area contributed by atoms with Gasteiger partial charge in [-0.05, 0) is 25.3 Å². The third-order valence-electron chi connectivity index (χ3n) is 6.56. The SMILES string of the molecule is CCCc1nc2c(N)nc3ccccc3c2n1CCCCCCCCCCCC(=O)N(C)OC. The summed E-state index contributed by atoms with van der Waals surface area (Å²) < 4.78 is 2.39. The number of unbranched alkanes of at least 4 members (excludes halogenated alkanes) is 8. The molecule has 3 aromatic rings. The minimum absolute atomic E-state index is 0.0576. The van der Waals surface area contributed by atoms with Gasteiger partial charge in [0.1, 0.15) is 11.3 Å². The van der Waals surface area contributed by atoms with E-state index in [0.717, 1.165) is 66.4 Å². The molecule has 3 rings (SSSR count). The van der Waals surface area contributed by atoms with Crippen LogP contribution in [0.1, 0.15) is 83.4 Å². The quantitative estimate of drug-likeness (QED) is 0.217. The van der Waals surface area contributed by atoms with Gasteiger partial charge in [-0.3, -0.25) is 9.63 Å². The highest BCUT2D eigenvalue weighted by atomic mass is 16.7. The van der Waals surface area contributed by atoms with Crippen molar-refractivity contribution in [3.05, 3.63) is 30.1 Å². The van der Waals surface area contributed by atoms with Crippen LogP contribution in [0.5, 0.6) is 0 Å². The molecule has 34 heavy (non-hydrogen) atoms. The lowest BCUT2D eigenvalue weighted by molar-refractivity contribution is -0.168. The van der Waals surface area contributed by atoms with Gasteiger partial charge in [0.25, 0.3) is 0 Å². The Morgan fingerprint density at radius 3 is 2.32 bits per heavy atom. The molecule has 7 heteroatoms. The Morgan fingerprint density at radius 1 is 1.00 bits per heavy atom. The molecular weight excluding hydrogens is 426 g/mol. The van der Waals surface area contributed by atoms with Crippen molar-refractivity contribution >= 4 is 33.7 Å². The van der Waals surface area contributed by atoms with E-state index in [1.807, 2.05) is 12.1 Å². The second-order valence-corrected chi connectivity index (χ2v) is 9.15. The number of hydroxylamine groups is 2. The average Bonchev–Trinajstić information content (AvgIpc) is 3.21. The van der Waals surface area contributed by atoms with Crippen LogP contribution in [0.4, 0.5) is 5.82 Å². The first-order valence-electron chi connectivity index (χ1n) is 12.9. The van der Waals surface area contributed by atoms with Crippen molar-refractivity contribution in [2.24, 2.45) is 0 Å². The maximum absolute atomic E-state index is 11.7. The fourth-order valence-corrected chi connectivity index (χ4v) is 4.60. The zero-order valence-corrected chi connectivity index (χ0v) is 21.2. The van der Waals surface area contributed by atoms with Gasteiger partial charge in [-0.2, -0.15) is 0 Å². The van der Waals surface area contributed by atoms with Gasteiger partial charge in [-0.15, -0.1) is 0 Å². The number of anilines is 1. The van der Waals surface area contributed by atoms with Crippen LogP contribution in [-0.4, -0.2) is 39.7 Å². The van der Waals surface area contributed by atoms with Crippen LogP contribution in [0.15, 0.2) is 24.3 Å². The van der Waals surface area contributed by atoms with Crippen molar-refractivity contribution in [2.75, 3.05) is 19.9 Å². The summed E-state index contributed by atoms with van der Waals surface area (Å²) in [5, 5.41) is 2.45. The van der Waals surface area contributed by atoms with Gasteiger partial charge in [0.2, 0.25) is 5.91 Å². The summed E-state index contributed by atoms with van der Waals surface area (Å²) in [6.45, 7) is 3.17. The zero-order chi connectivity index (χ0) is 24.3. The third kappa shape index (κ3) is 6.69. The topological polar surface area (TPSA) is 86.3 Å². The predicted molar refractivity (Wildman–Crippen MR) is 139 cm³/mol. The number of nitrogens with zero attached hydrogens (tertiary/aromatic N) is 4. The van der Waals surface area contributed by atoms with Gasteiger partial charge in [-0.1, -0.05) is 70.1 Å². The predicted octanol–water partition coefficient (Wildman–Crippen LogP) is 6.04. The second-order valence-electron chi connectivity index (χ2n) is 9.15. The van der Waals surface area contributed by atoms with Crippen LogP contribution in [0.25, 0.3) is 21.9 Å². The van der Waals surface area contributed by atoms with Crippen molar-refractivity contribution in [3.63, 3.8) is 0 Å². The normalized spacial score (nSPS) is 11.5. The molecule has 0 saturated carbocycles. The summed E-state index contributed by atoms with van der Waals surface area (Å²) in [4.78, 5) is 26.1. The largest absolute Gasteiger partial charge is 0.382 e. The molecule has 2 aromatic heterocycles. The molecular formula is C27H41N5O2. The number of imidazole rings is 1. The second kappa shape index (κ2) is 13.3. The lowest BCUT2D eigenvalue weighted by Gasteiger charge is -2.13. The minimum Gasteiger partial charge on any atom is -0.382 e. The number of nitrogens with two attached hydrogens (primary N) is 1. The molecule has 0 aliphatic heterocycles. The Labute approximate surface area is 203 Å². The van der Waals surface area contributed by atoms with Crippen molar-refractivity contribution < 1.29 is 9.63 Å². The Morgan fingerprint density at radius 2 is 1.65 bits per heavy atom. The molecule has 0 bridgehead atoms. The molecule has 186 valence electrons. The van der Waals surface area contributed by atoms with Crippen molar-refractivity contribution in [3.8, 4) is 0 Å². The molecule has 0 atom stereocenters. The average molecular weight is 468 g/mol. The van der Waals surface area contributed by atoms with Crippen molar-refractivity contribution in [1.29, 1.82) is 0 Å². The number of hydrogen-bond donors (Lipinski definition) is 1. The molecule has 1 aromatic carbocycles. The maximum atomic E-state index is 11.7. The highest BCUT2D eigenvalue weighted by Gasteiger charge is 2.16. The van der Waals surface area contributed by atoms with Gasteiger partial charge >= 0.3 is 0 Å². The van der Waals surface area contributed by atoms with E-state index in [-0.39, 0.29) is 5.91 Å². The standard InChI is InChI=1S/C27H41N5O2/c1-4-16-23-30-25-26(21-17-13-14-18-22(21)29-27(25)28)32(23)20-15-11-9-7-5-6-8-10-12-19-24(33)31(2)34-3/h13-14,17-18H,4-12,15-16,19-20H2,1-3H3,(H2,28,29). The molecule has 0 aliphatic rings. The number of aryl methyl sites for hydroxylation is 2. The number of pyridine rings is 1. The molecule has 0 spiro atoms. The summed E-state index contributed by atoms with van der Waals surface area (Å²) in [6.07, 6.45) is 13.3. The first-order valence-corrected chi connectivity index (χ1v) is 12.9. The van der Waals surface area contributed by atoms with E-state index in [4.69, 9.17) is 15.6 Å². The Balaban J connectivity index is 1.43. The molecule has 0 radical (unpaired) electrons. The number of carbonyl (C=O) groups excluding carboxylic acids is 1. The molecule has 7 nitrogen and oxygen atoms in total. The molecule has 2 heterocycles. The summed E-state index contributed by atoms with van der Waals surface area (Å²) in [5.41, 5.74) is 9.20. The fraction of sp³-hybridized carbons (Fsp3) is 0.593. The van der Waals surface area contributed by atoms with Crippen LogP contribution in [-0.2, 0) is 22.6 Å². The smallest absolute Gasteiger partial charge is 0.245 e. The molecule has 1 amide bonds. The number of nitrogen functional groups attached to an aromatic ring is 1. The Kier molecular flexibility index (Phi) is 10.1. The van der Waals surface area contributed by atoms with E-state index in [1.165, 1.54) is 50.7 Å².